The van der Waals surface area contributed by atoms with Crippen LogP contribution in [0.4, 0.5) is 5.69 Å². The van der Waals surface area contributed by atoms with Gasteiger partial charge in [-0.05, 0) is 17.7 Å². The molecule has 8 nitrogen and oxygen atoms in total. The number of benzene rings is 1. The molecule has 3 heterocycles. The normalized spacial score (nSPS) is 15.3. The van der Waals surface area contributed by atoms with E-state index in [4.69, 9.17) is 10.5 Å². The summed E-state index contributed by atoms with van der Waals surface area (Å²) in [6.07, 6.45) is 5.10. The predicted octanol–water partition coefficient (Wildman–Crippen LogP) is 1.86. The minimum absolute atomic E-state index is 0.112. The second-order valence-electron chi connectivity index (χ2n) is 7.05. The average molecular weight is 405 g/mol. The Bertz CT molecular complexity index is 1080. The zero-order valence-corrected chi connectivity index (χ0v) is 16.4. The van der Waals surface area contributed by atoms with Gasteiger partial charge in [0.15, 0.2) is 0 Å². The number of amides is 2. The van der Waals surface area contributed by atoms with Crippen molar-refractivity contribution < 1.29 is 14.3 Å². The van der Waals surface area contributed by atoms with Crippen molar-refractivity contribution in [1.29, 1.82) is 0 Å². The van der Waals surface area contributed by atoms with Gasteiger partial charge >= 0.3 is 0 Å². The van der Waals surface area contributed by atoms with Gasteiger partial charge in [0.2, 0.25) is 11.8 Å². The maximum Gasteiger partial charge on any atom is 0.249 e. The van der Waals surface area contributed by atoms with E-state index in [0.717, 1.165) is 29.6 Å². The Morgan fingerprint density at radius 3 is 2.70 bits per heavy atom. The number of primary amides is 1. The number of nitrogens with two attached hydrogens (primary N) is 1. The van der Waals surface area contributed by atoms with Crippen LogP contribution in [-0.2, 0) is 14.3 Å². The first-order valence-electron chi connectivity index (χ1n) is 9.75. The molecule has 1 saturated heterocycles. The van der Waals surface area contributed by atoms with Crippen LogP contribution in [0.5, 0.6) is 0 Å². The number of aromatic amines is 1. The summed E-state index contributed by atoms with van der Waals surface area (Å²) >= 11 is 0. The SMILES string of the molecule is NC(=O)C(=Cc1c[nH]c2nccc(NC(=O)CN3CCOCC3)c12)c1ccccc1. The van der Waals surface area contributed by atoms with Gasteiger partial charge in [-0.15, -0.1) is 0 Å². The second kappa shape index (κ2) is 8.89. The lowest BCUT2D eigenvalue weighted by Gasteiger charge is -2.25. The number of ether oxygens (including phenoxy) is 1. The van der Waals surface area contributed by atoms with Crippen LogP contribution in [0.3, 0.4) is 0 Å². The van der Waals surface area contributed by atoms with Crippen LogP contribution in [0.1, 0.15) is 11.1 Å². The number of hydrogen-bond acceptors (Lipinski definition) is 5. The molecule has 2 aromatic heterocycles. The number of H-pyrrole nitrogens is 1. The second-order valence-corrected chi connectivity index (χ2v) is 7.05. The fourth-order valence-corrected chi connectivity index (χ4v) is 3.52. The van der Waals surface area contributed by atoms with Crippen molar-refractivity contribution in [1.82, 2.24) is 14.9 Å². The van der Waals surface area contributed by atoms with Crippen molar-refractivity contribution in [3.8, 4) is 0 Å². The fraction of sp³-hybridized carbons (Fsp3) is 0.227. The van der Waals surface area contributed by atoms with Crippen LogP contribution in [0.15, 0.2) is 48.8 Å². The first-order valence-corrected chi connectivity index (χ1v) is 9.75. The number of anilines is 1. The fourth-order valence-electron chi connectivity index (χ4n) is 3.52. The highest BCUT2D eigenvalue weighted by Crippen LogP contribution is 2.29. The van der Waals surface area contributed by atoms with Crippen molar-refractivity contribution in [2.75, 3.05) is 38.2 Å². The number of fused-ring (bicyclic) bond motifs is 1. The van der Waals surface area contributed by atoms with Crippen LogP contribution in [0, 0.1) is 0 Å². The molecule has 0 unspecified atom stereocenters. The molecule has 2 amide bonds. The summed E-state index contributed by atoms with van der Waals surface area (Å²) in [5, 5.41) is 3.70. The zero-order chi connectivity index (χ0) is 20.9. The lowest BCUT2D eigenvalue weighted by Crippen LogP contribution is -2.41. The minimum atomic E-state index is -0.530. The molecule has 0 radical (unpaired) electrons. The van der Waals surface area contributed by atoms with Gasteiger partial charge in [0.1, 0.15) is 5.65 Å². The van der Waals surface area contributed by atoms with E-state index in [-0.39, 0.29) is 5.91 Å². The van der Waals surface area contributed by atoms with E-state index < -0.39 is 5.91 Å². The summed E-state index contributed by atoms with van der Waals surface area (Å²) in [7, 11) is 0. The van der Waals surface area contributed by atoms with Crippen LogP contribution in [0.25, 0.3) is 22.7 Å². The van der Waals surface area contributed by atoms with E-state index in [1.54, 1.807) is 24.5 Å². The van der Waals surface area contributed by atoms with Crippen molar-refractivity contribution >= 4 is 40.2 Å². The molecule has 1 aliphatic rings. The van der Waals surface area contributed by atoms with Crippen LogP contribution in [0.2, 0.25) is 0 Å². The number of carbonyl (C=O) groups is 2. The number of hydrogen-bond donors (Lipinski definition) is 3. The largest absolute Gasteiger partial charge is 0.379 e. The highest BCUT2D eigenvalue weighted by atomic mass is 16.5. The Kier molecular flexibility index (Phi) is 5.87. The van der Waals surface area contributed by atoms with E-state index in [0.29, 0.717) is 36.7 Å². The van der Waals surface area contributed by atoms with Crippen LogP contribution >= 0.6 is 0 Å². The van der Waals surface area contributed by atoms with Crippen molar-refractivity contribution in [2.45, 2.75) is 0 Å². The Balaban J connectivity index is 1.65. The van der Waals surface area contributed by atoms with Gasteiger partial charge in [-0.1, -0.05) is 30.3 Å². The first kappa shape index (κ1) is 19.8. The molecule has 1 fully saturated rings. The predicted molar refractivity (Wildman–Crippen MR) is 115 cm³/mol. The van der Waals surface area contributed by atoms with Gasteiger partial charge in [0.25, 0.3) is 0 Å². The topological polar surface area (TPSA) is 113 Å². The van der Waals surface area contributed by atoms with Gasteiger partial charge in [-0.2, -0.15) is 0 Å². The number of pyridine rings is 1. The van der Waals surface area contributed by atoms with Crippen molar-refractivity contribution in [3.05, 3.63) is 59.9 Å². The summed E-state index contributed by atoms with van der Waals surface area (Å²) in [5.41, 5.74) is 8.70. The summed E-state index contributed by atoms with van der Waals surface area (Å²) in [5.74, 6) is -0.643. The van der Waals surface area contributed by atoms with Crippen molar-refractivity contribution in [2.24, 2.45) is 5.73 Å². The Morgan fingerprint density at radius 1 is 1.20 bits per heavy atom. The highest BCUT2D eigenvalue weighted by molar-refractivity contribution is 6.24. The third kappa shape index (κ3) is 4.40. The summed E-state index contributed by atoms with van der Waals surface area (Å²) in [4.78, 5) is 34.2. The van der Waals surface area contributed by atoms with Crippen LogP contribution in [-0.4, -0.2) is 59.5 Å². The van der Waals surface area contributed by atoms with Crippen LogP contribution < -0.4 is 11.1 Å². The van der Waals surface area contributed by atoms with E-state index in [1.165, 1.54) is 0 Å². The minimum Gasteiger partial charge on any atom is -0.379 e. The molecular weight excluding hydrogens is 382 g/mol. The quantitative estimate of drug-likeness (QED) is 0.542. The number of nitrogens with zero attached hydrogens (tertiary/aromatic N) is 2. The molecule has 154 valence electrons. The van der Waals surface area contributed by atoms with E-state index in [2.05, 4.69) is 20.2 Å². The molecule has 1 aliphatic heterocycles. The molecule has 0 saturated carbocycles. The number of aromatic nitrogens is 2. The van der Waals surface area contributed by atoms with Gasteiger partial charge in [-0.3, -0.25) is 14.5 Å². The van der Waals surface area contributed by atoms with E-state index >= 15 is 0 Å². The molecule has 1 aromatic carbocycles. The lowest BCUT2D eigenvalue weighted by atomic mass is 10.0. The maximum absolute atomic E-state index is 12.6. The summed E-state index contributed by atoms with van der Waals surface area (Å²) in [6.45, 7) is 3.02. The average Bonchev–Trinajstić information content (AvgIpc) is 3.17. The Morgan fingerprint density at radius 2 is 1.97 bits per heavy atom. The monoisotopic (exact) mass is 405 g/mol. The first-order chi connectivity index (χ1) is 14.6. The third-order valence-electron chi connectivity index (χ3n) is 5.00. The van der Waals surface area contributed by atoms with E-state index in [1.807, 2.05) is 30.3 Å². The van der Waals surface area contributed by atoms with Gasteiger partial charge in [0.05, 0.1) is 25.4 Å². The Hall–Kier alpha value is -3.49. The molecule has 3 aromatic rings. The standard InChI is InChI=1S/C22H23N5O3/c23-21(29)17(15-4-2-1-3-5-15)12-16-13-25-22-20(16)18(6-7-24-22)26-19(28)14-27-8-10-30-11-9-27/h1-7,12-13H,8-11,14H2,(H2,23,29)(H2,24,25,26,28). The molecule has 4 N–H and O–H groups in total. The lowest BCUT2D eigenvalue weighted by molar-refractivity contribution is -0.118. The molecule has 4 rings (SSSR count). The zero-order valence-electron chi connectivity index (χ0n) is 16.4. The number of nitrogens with one attached hydrogen (secondary N) is 2. The molecule has 0 aliphatic carbocycles. The van der Waals surface area contributed by atoms with Crippen molar-refractivity contribution in [3.63, 3.8) is 0 Å². The number of morpholine rings is 1. The van der Waals surface area contributed by atoms with Gasteiger partial charge in [-0.25, -0.2) is 4.98 Å². The number of carbonyl (C=O) groups excluding carboxylic acids is 2. The molecule has 0 spiro atoms. The molecule has 0 atom stereocenters. The smallest absolute Gasteiger partial charge is 0.249 e. The van der Waals surface area contributed by atoms with Gasteiger partial charge < -0.3 is 20.8 Å². The van der Waals surface area contributed by atoms with Gasteiger partial charge in [0, 0.05) is 42.0 Å². The summed E-state index contributed by atoms with van der Waals surface area (Å²) < 4.78 is 5.33. The molecule has 0 bridgehead atoms. The third-order valence-corrected chi connectivity index (χ3v) is 5.00. The highest BCUT2D eigenvalue weighted by Gasteiger charge is 2.17. The Labute approximate surface area is 173 Å². The molecule has 30 heavy (non-hydrogen) atoms. The number of rotatable bonds is 6. The summed E-state index contributed by atoms with van der Waals surface area (Å²) in [6, 6.07) is 11.0. The molecular formula is C22H23N5O3. The molecule has 8 heteroatoms. The maximum atomic E-state index is 12.6. The van der Waals surface area contributed by atoms with E-state index in [9.17, 15) is 9.59 Å².